The Morgan fingerprint density at radius 2 is 1.95 bits per heavy atom. The van der Waals surface area contributed by atoms with Crippen LogP contribution >= 0.6 is 12.4 Å². The largest absolute Gasteiger partial charge is 0.378 e. The van der Waals surface area contributed by atoms with Gasteiger partial charge in [0.2, 0.25) is 5.91 Å². The van der Waals surface area contributed by atoms with Crippen molar-refractivity contribution >= 4 is 18.3 Å². The number of halogens is 1. The molecule has 5 heteroatoms. The third-order valence-corrected chi connectivity index (χ3v) is 4.30. The number of hydrogen-bond donors (Lipinski definition) is 2. The van der Waals surface area contributed by atoms with Crippen molar-refractivity contribution in [1.29, 1.82) is 0 Å². The predicted molar refractivity (Wildman–Crippen MR) is 83.3 cm³/mol. The van der Waals surface area contributed by atoms with Crippen LogP contribution in [0.2, 0.25) is 0 Å². The van der Waals surface area contributed by atoms with E-state index in [-0.39, 0.29) is 18.3 Å². The smallest absolute Gasteiger partial charge is 0.220 e. The van der Waals surface area contributed by atoms with Gasteiger partial charge in [0.1, 0.15) is 0 Å². The number of nitrogens with one attached hydrogen (secondary N) is 2. The zero-order chi connectivity index (χ0) is 13.3. The molecular formula is C15H29ClN2O2. The first-order valence-corrected chi connectivity index (χ1v) is 7.93. The highest BCUT2D eigenvalue weighted by Gasteiger charge is 2.16. The zero-order valence-corrected chi connectivity index (χ0v) is 13.2. The Hall–Kier alpha value is -0.320. The van der Waals surface area contributed by atoms with Gasteiger partial charge >= 0.3 is 0 Å². The Morgan fingerprint density at radius 1 is 1.15 bits per heavy atom. The molecule has 0 aliphatic carbocycles. The van der Waals surface area contributed by atoms with Gasteiger partial charge in [-0.3, -0.25) is 4.79 Å². The quantitative estimate of drug-likeness (QED) is 0.791. The summed E-state index contributed by atoms with van der Waals surface area (Å²) in [4.78, 5) is 11.8. The molecule has 1 atom stereocenters. The average molecular weight is 305 g/mol. The van der Waals surface area contributed by atoms with E-state index in [9.17, 15) is 4.79 Å². The molecule has 0 aromatic heterocycles. The van der Waals surface area contributed by atoms with Crippen LogP contribution in [0, 0.1) is 5.92 Å². The maximum atomic E-state index is 11.8. The maximum absolute atomic E-state index is 11.8. The molecule has 4 nitrogen and oxygen atoms in total. The van der Waals surface area contributed by atoms with Crippen LogP contribution in [0.25, 0.3) is 0 Å². The molecule has 2 aliphatic rings. The first-order valence-electron chi connectivity index (χ1n) is 7.93. The van der Waals surface area contributed by atoms with Gasteiger partial charge in [-0.15, -0.1) is 12.4 Å². The standard InChI is InChI=1S/C15H28N2O2.ClH/c18-15(5-4-13-6-9-16-10-7-13)17-11-8-14-3-1-2-12-19-14;/h13-14,16H,1-12H2,(H,17,18);1H. The number of rotatable bonds is 6. The van der Waals surface area contributed by atoms with E-state index in [1.807, 2.05) is 0 Å². The topological polar surface area (TPSA) is 50.4 Å². The molecule has 2 saturated heterocycles. The molecule has 2 N–H and O–H groups in total. The van der Waals surface area contributed by atoms with Gasteiger partial charge in [-0.2, -0.15) is 0 Å². The second-order valence-corrected chi connectivity index (χ2v) is 5.86. The molecular weight excluding hydrogens is 276 g/mol. The monoisotopic (exact) mass is 304 g/mol. The Bertz CT molecular complexity index is 265. The van der Waals surface area contributed by atoms with Crippen molar-refractivity contribution in [2.24, 2.45) is 5.92 Å². The lowest BCUT2D eigenvalue weighted by molar-refractivity contribution is -0.121. The summed E-state index contributed by atoms with van der Waals surface area (Å²) in [5.41, 5.74) is 0. The third-order valence-electron chi connectivity index (χ3n) is 4.30. The number of carbonyl (C=O) groups is 1. The highest BCUT2D eigenvalue weighted by Crippen LogP contribution is 2.17. The van der Waals surface area contributed by atoms with Gasteiger partial charge in [0, 0.05) is 19.6 Å². The summed E-state index contributed by atoms with van der Waals surface area (Å²) >= 11 is 0. The molecule has 2 aliphatic heterocycles. The Labute approximate surface area is 128 Å². The first kappa shape index (κ1) is 17.7. The minimum atomic E-state index is 0. The predicted octanol–water partition coefficient (Wildman–Crippen LogP) is 2.26. The maximum Gasteiger partial charge on any atom is 0.220 e. The van der Waals surface area contributed by atoms with E-state index in [0.717, 1.165) is 51.4 Å². The molecule has 1 unspecified atom stereocenters. The fraction of sp³-hybridized carbons (Fsp3) is 0.933. The molecule has 0 aromatic rings. The highest BCUT2D eigenvalue weighted by molar-refractivity contribution is 5.85. The van der Waals surface area contributed by atoms with Crippen LogP contribution in [0.15, 0.2) is 0 Å². The number of hydrogen-bond acceptors (Lipinski definition) is 3. The van der Waals surface area contributed by atoms with E-state index >= 15 is 0 Å². The summed E-state index contributed by atoms with van der Waals surface area (Å²) in [6.45, 7) is 3.90. The Kier molecular flexibility index (Phi) is 9.23. The van der Waals surface area contributed by atoms with Gasteiger partial charge in [-0.25, -0.2) is 0 Å². The molecule has 118 valence electrons. The van der Waals surface area contributed by atoms with Crippen LogP contribution in [0.5, 0.6) is 0 Å². The molecule has 0 saturated carbocycles. The van der Waals surface area contributed by atoms with Crippen LogP contribution in [0.3, 0.4) is 0 Å². The van der Waals surface area contributed by atoms with Gasteiger partial charge in [0.05, 0.1) is 6.10 Å². The van der Waals surface area contributed by atoms with E-state index in [1.165, 1.54) is 25.7 Å². The molecule has 1 amide bonds. The van der Waals surface area contributed by atoms with Crippen molar-refractivity contribution < 1.29 is 9.53 Å². The van der Waals surface area contributed by atoms with Crippen molar-refractivity contribution in [3.05, 3.63) is 0 Å². The van der Waals surface area contributed by atoms with Crippen molar-refractivity contribution in [1.82, 2.24) is 10.6 Å². The van der Waals surface area contributed by atoms with Crippen LogP contribution in [-0.2, 0) is 9.53 Å². The minimum Gasteiger partial charge on any atom is -0.378 e. The van der Waals surface area contributed by atoms with E-state index in [0.29, 0.717) is 12.5 Å². The van der Waals surface area contributed by atoms with Gasteiger partial charge in [0.15, 0.2) is 0 Å². The minimum absolute atomic E-state index is 0. The molecule has 0 radical (unpaired) electrons. The Morgan fingerprint density at radius 3 is 2.65 bits per heavy atom. The van der Waals surface area contributed by atoms with Crippen molar-refractivity contribution in [3.63, 3.8) is 0 Å². The molecule has 0 aromatic carbocycles. The first-order chi connectivity index (χ1) is 9.34. The lowest BCUT2D eigenvalue weighted by atomic mass is 9.93. The highest BCUT2D eigenvalue weighted by atomic mass is 35.5. The van der Waals surface area contributed by atoms with E-state index in [1.54, 1.807) is 0 Å². The van der Waals surface area contributed by atoms with Crippen LogP contribution < -0.4 is 10.6 Å². The number of ether oxygens (including phenoxy) is 1. The van der Waals surface area contributed by atoms with Crippen LogP contribution in [0.4, 0.5) is 0 Å². The second kappa shape index (κ2) is 10.4. The lowest BCUT2D eigenvalue weighted by Crippen LogP contribution is -2.31. The van der Waals surface area contributed by atoms with Gasteiger partial charge < -0.3 is 15.4 Å². The zero-order valence-electron chi connectivity index (χ0n) is 12.4. The fourth-order valence-corrected chi connectivity index (χ4v) is 3.00. The number of amides is 1. The summed E-state index contributed by atoms with van der Waals surface area (Å²) < 4.78 is 5.66. The molecule has 0 spiro atoms. The fourth-order valence-electron chi connectivity index (χ4n) is 3.00. The lowest BCUT2D eigenvalue weighted by Gasteiger charge is -2.23. The van der Waals surface area contributed by atoms with Crippen molar-refractivity contribution in [3.8, 4) is 0 Å². The van der Waals surface area contributed by atoms with Crippen molar-refractivity contribution in [2.75, 3.05) is 26.2 Å². The van der Waals surface area contributed by atoms with Gasteiger partial charge in [-0.1, -0.05) is 0 Å². The van der Waals surface area contributed by atoms with Crippen LogP contribution in [-0.4, -0.2) is 38.3 Å². The molecule has 20 heavy (non-hydrogen) atoms. The SMILES string of the molecule is Cl.O=C(CCC1CCNCC1)NCCC1CCCCO1. The normalized spacial score (nSPS) is 23.9. The van der Waals surface area contributed by atoms with Crippen LogP contribution in [0.1, 0.15) is 51.4 Å². The number of piperidine rings is 1. The molecule has 2 heterocycles. The van der Waals surface area contributed by atoms with E-state index in [4.69, 9.17) is 4.74 Å². The summed E-state index contributed by atoms with van der Waals surface area (Å²) in [7, 11) is 0. The third kappa shape index (κ3) is 6.91. The second-order valence-electron chi connectivity index (χ2n) is 5.86. The summed E-state index contributed by atoms with van der Waals surface area (Å²) in [5.74, 6) is 0.961. The van der Waals surface area contributed by atoms with Gasteiger partial charge in [-0.05, 0) is 64.0 Å². The van der Waals surface area contributed by atoms with Gasteiger partial charge in [0.25, 0.3) is 0 Å². The summed E-state index contributed by atoms with van der Waals surface area (Å²) in [5, 5.41) is 6.39. The summed E-state index contributed by atoms with van der Waals surface area (Å²) in [6.07, 6.45) is 9.16. The average Bonchev–Trinajstić information content (AvgIpc) is 2.47. The van der Waals surface area contributed by atoms with Crippen molar-refractivity contribution in [2.45, 2.75) is 57.5 Å². The molecule has 2 fully saturated rings. The summed E-state index contributed by atoms with van der Waals surface area (Å²) in [6, 6.07) is 0. The Balaban J connectivity index is 0.00000200. The van der Waals surface area contributed by atoms with E-state index in [2.05, 4.69) is 10.6 Å². The molecule has 0 bridgehead atoms. The van der Waals surface area contributed by atoms with E-state index < -0.39 is 0 Å². The number of carbonyl (C=O) groups excluding carboxylic acids is 1. The molecule has 2 rings (SSSR count).